The number of aromatic nitrogens is 4. The number of phenolic OH excluding ortho intramolecular Hbond substituents is 2. The van der Waals surface area contributed by atoms with Gasteiger partial charge in [0.1, 0.15) is 23.8 Å². The molecule has 0 spiro atoms. The van der Waals surface area contributed by atoms with Gasteiger partial charge in [-0.1, -0.05) is 0 Å². The molecule has 160 valence electrons. The van der Waals surface area contributed by atoms with Crippen LogP contribution in [0.2, 0.25) is 0 Å². The molecule has 4 atom stereocenters. The summed E-state index contributed by atoms with van der Waals surface area (Å²) in [7, 11) is 0. The van der Waals surface area contributed by atoms with Crippen molar-refractivity contribution in [2.45, 2.75) is 31.1 Å². The highest BCUT2D eigenvalue weighted by molar-refractivity contribution is 9.13. The van der Waals surface area contributed by atoms with Crippen LogP contribution in [0.15, 0.2) is 27.5 Å². The number of anilines is 1. The van der Waals surface area contributed by atoms with Crippen LogP contribution < -0.4 is 5.32 Å². The summed E-state index contributed by atoms with van der Waals surface area (Å²) in [6, 6.07) is 1.40. The molecule has 3 aromatic rings. The molecule has 13 heteroatoms. The Labute approximate surface area is 186 Å². The van der Waals surface area contributed by atoms with E-state index in [2.05, 4.69) is 52.1 Å². The molecule has 4 rings (SSSR count). The van der Waals surface area contributed by atoms with Gasteiger partial charge >= 0.3 is 0 Å². The number of aliphatic hydroxyl groups is 3. The largest absolute Gasteiger partial charge is 0.504 e. The van der Waals surface area contributed by atoms with Crippen LogP contribution in [0.5, 0.6) is 11.5 Å². The minimum absolute atomic E-state index is 0.223. The molecule has 1 aliphatic rings. The Kier molecular flexibility index (Phi) is 5.83. The van der Waals surface area contributed by atoms with Crippen LogP contribution in [-0.2, 0) is 11.3 Å². The van der Waals surface area contributed by atoms with Gasteiger partial charge in [-0.2, -0.15) is 4.98 Å². The summed E-state index contributed by atoms with van der Waals surface area (Å²) in [5.41, 5.74) is 1.44. The second-order valence-corrected chi connectivity index (χ2v) is 8.25. The van der Waals surface area contributed by atoms with Gasteiger partial charge in [-0.3, -0.25) is 4.57 Å². The van der Waals surface area contributed by atoms with Gasteiger partial charge in [0.25, 0.3) is 0 Å². The number of phenols is 2. The number of fused-ring (bicyclic) bond motifs is 1. The van der Waals surface area contributed by atoms with Crippen molar-refractivity contribution in [2.24, 2.45) is 0 Å². The monoisotopic (exact) mass is 545 g/mol. The summed E-state index contributed by atoms with van der Waals surface area (Å²) >= 11 is 6.55. The molecule has 1 aromatic carbocycles. The van der Waals surface area contributed by atoms with Crippen molar-refractivity contribution in [1.82, 2.24) is 19.5 Å². The third-order valence-corrected chi connectivity index (χ3v) is 6.99. The number of nitrogens with one attached hydrogen (secondary N) is 1. The Morgan fingerprint density at radius 2 is 1.90 bits per heavy atom. The number of aliphatic hydroxyl groups excluding tert-OH is 3. The van der Waals surface area contributed by atoms with E-state index in [1.807, 2.05) is 0 Å². The molecule has 0 aliphatic carbocycles. The number of hydrogen-bond donors (Lipinski definition) is 6. The van der Waals surface area contributed by atoms with E-state index in [0.29, 0.717) is 25.7 Å². The van der Waals surface area contributed by atoms with Gasteiger partial charge < -0.3 is 35.6 Å². The molecular formula is C17H17Br2N5O6. The SMILES string of the molecule is OC[C@H]1O[C@@H](n2cnc3cnc(NCc4cc(O)c(O)c(Br)c4Br)nc32)C(O)[C@H]1O. The van der Waals surface area contributed by atoms with Crippen molar-refractivity contribution in [3.05, 3.63) is 33.1 Å². The molecule has 1 saturated heterocycles. The molecular weight excluding hydrogens is 530 g/mol. The molecule has 0 saturated carbocycles. The first kappa shape index (κ1) is 21.2. The normalized spacial score (nSPS) is 23.9. The zero-order valence-electron chi connectivity index (χ0n) is 15.1. The molecule has 0 bridgehead atoms. The molecule has 6 N–H and O–H groups in total. The highest BCUT2D eigenvalue weighted by Crippen LogP contribution is 2.41. The molecule has 11 nitrogen and oxygen atoms in total. The Hall–Kier alpha value is -2.03. The van der Waals surface area contributed by atoms with E-state index in [9.17, 15) is 25.5 Å². The lowest BCUT2D eigenvalue weighted by Crippen LogP contribution is -2.33. The van der Waals surface area contributed by atoms with Crippen molar-refractivity contribution in [2.75, 3.05) is 11.9 Å². The zero-order valence-corrected chi connectivity index (χ0v) is 18.3. The summed E-state index contributed by atoms with van der Waals surface area (Å²) in [5, 5.41) is 52.1. The van der Waals surface area contributed by atoms with Gasteiger partial charge in [0, 0.05) is 11.0 Å². The van der Waals surface area contributed by atoms with Gasteiger partial charge in [-0.05, 0) is 43.5 Å². The van der Waals surface area contributed by atoms with E-state index < -0.39 is 31.1 Å². The maximum atomic E-state index is 10.3. The topological polar surface area (TPSA) is 166 Å². The van der Waals surface area contributed by atoms with Crippen molar-refractivity contribution < 1.29 is 30.3 Å². The second kappa shape index (κ2) is 8.24. The fraction of sp³-hybridized carbons (Fsp3) is 0.353. The number of ether oxygens (including phenoxy) is 1. The highest BCUT2D eigenvalue weighted by atomic mass is 79.9. The summed E-state index contributed by atoms with van der Waals surface area (Å²) in [5.74, 6) is -0.307. The standard InChI is InChI=1S/C17H17Br2N5O6/c18-10-6(1-8(26)12(27)11(10)19)2-20-17-21-3-7-15(23-17)24(5-22-7)16-14(29)13(28)9(4-25)30-16/h1,3,5,9,13-14,16,25-29H,2,4H2,(H,20,21,23)/t9-,13+,14?,16-/m1/s1. The van der Waals surface area contributed by atoms with E-state index >= 15 is 0 Å². The van der Waals surface area contributed by atoms with E-state index in [4.69, 9.17) is 4.74 Å². The molecule has 3 heterocycles. The molecule has 30 heavy (non-hydrogen) atoms. The molecule has 0 amide bonds. The van der Waals surface area contributed by atoms with Gasteiger partial charge in [-0.15, -0.1) is 0 Å². The summed E-state index contributed by atoms with van der Waals surface area (Å²) in [6.07, 6.45) is -1.49. The molecule has 1 aliphatic heterocycles. The first-order valence-corrected chi connectivity index (χ1v) is 10.3. The van der Waals surface area contributed by atoms with Crippen LogP contribution in [-0.4, -0.2) is 70.0 Å². The fourth-order valence-electron chi connectivity index (χ4n) is 3.16. The third-order valence-electron chi connectivity index (χ3n) is 4.78. The fourth-order valence-corrected chi connectivity index (χ4v) is 4.07. The van der Waals surface area contributed by atoms with Gasteiger partial charge in [0.15, 0.2) is 23.4 Å². The molecule has 2 aromatic heterocycles. The van der Waals surface area contributed by atoms with Crippen LogP contribution in [0, 0.1) is 0 Å². The maximum Gasteiger partial charge on any atom is 0.225 e. The lowest BCUT2D eigenvalue weighted by Gasteiger charge is -2.16. The van der Waals surface area contributed by atoms with E-state index in [-0.39, 0.29) is 24.0 Å². The number of benzene rings is 1. The van der Waals surface area contributed by atoms with Crippen LogP contribution in [0.1, 0.15) is 11.8 Å². The molecule has 1 unspecified atom stereocenters. The summed E-state index contributed by atoms with van der Waals surface area (Å²) < 4.78 is 7.88. The smallest absolute Gasteiger partial charge is 0.225 e. The maximum absolute atomic E-state index is 10.3. The minimum Gasteiger partial charge on any atom is -0.504 e. The van der Waals surface area contributed by atoms with Crippen LogP contribution in [0.25, 0.3) is 11.2 Å². The lowest BCUT2D eigenvalue weighted by atomic mass is 10.1. The van der Waals surface area contributed by atoms with Gasteiger partial charge in [-0.25, -0.2) is 9.97 Å². The first-order chi connectivity index (χ1) is 14.3. The second-order valence-electron chi connectivity index (χ2n) is 6.67. The Balaban J connectivity index is 1.60. The number of hydrogen-bond acceptors (Lipinski definition) is 10. The predicted octanol–water partition coefficient (Wildman–Crippen LogP) is 0.986. The number of aromatic hydroxyl groups is 2. The Morgan fingerprint density at radius 1 is 1.13 bits per heavy atom. The average molecular weight is 547 g/mol. The number of rotatable bonds is 5. The Morgan fingerprint density at radius 3 is 2.60 bits per heavy atom. The van der Waals surface area contributed by atoms with Crippen LogP contribution in [0.3, 0.4) is 0 Å². The zero-order chi connectivity index (χ0) is 21.6. The number of halogens is 2. The number of imidazole rings is 1. The predicted molar refractivity (Wildman–Crippen MR) is 111 cm³/mol. The van der Waals surface area contributed by atoms with Crippen molar-refractivity contribution in [1.29, 1.82) is 0 Å². The van der Waals surface area contributed by atoms with E-state index in [0.717, 1.165) is 0 Å². The minimum atomic E-state index is -1.26. The van der Waals surface area contributed by atoms with Gasteiger partial charge in [0.2, 0.25) is 5.95 Å². The molecule has 1 fully saturated rings. The van der Waals surface area contributed by atoms with E-state index in [1.54, 1.807) is 0 Å². The van der Waals surface area contributed by atoms with Crippen LogP contribution >= 0.6 is 31.9 Å². The van der Waals surface area contributed by atoms with Crippen LogP contribution in [0.4, 0.5) is 5.95 Å². The van der Waals surface area contributed by atoms with Crippen molar-refractivity contribution in [3.63, 3.8) is 0 Å². The van der Waals surface area contributed by atoms with Crippen molar-refractivity contribution >= 4 is 49.0 Å². The van der Waals surface area contributed by atoms with Gasteiger partial charge in [0.05, 0.1) is 23.6 Å². The number of nitrogens with zero attached hydrogens (tertiary/aromatic N) is 4. The third kappa shape index (κ3) is 3.61. The summed E-state index contributed by atoms with van der Waals surface area (Å²) in [6.45, 7) is -0.215. The highest BCUT2D eigenvalue weighted by Gasteiger charge is 2.43. The average Bonchev–Trinajstić information content (AvgIpc) is 3.28. The van der Waals surface area contributed by atoms with E-state index in [1.165, 1.54) is 23.2 Å². The Bertz CT molecular complexity index is 1100. The lowest BCUT2D eigenvalue weighted by molar-refractivity contribution is -0.0511. The van der Waals surface area contributed by atoms with Crippen molar-refractivity contribution in [3.8, 4) is 11.5 Å². The first-order valence-electron chi connectivity index (χ1n) is 8.76. The molecule has 0 radical (unpaired) electrons. The quantitative estimate of drug-likeness (QED) is 0.254. The summed E-state index contributed by atoms with van der Waals surface area (Å²) in [4.78, 5) is 12.8.